The zero-order chi connectivity index (χ0) is 24.4. The van der Waals surface area contributed by atoms with Crippen LogP contribution in [0.25, 0.3) is 22.6 Å². The minimum absolute atomic E-state index is 0.0527. The van der Waals surface area contributed by atoms with Crippen LogP contribution in [0.2, 0.25) is 0 Å². The van der Waals surface area contributed by atoms with Gasteiger partial charge in [0.15, 0.2) is 0 Å². The molecular formula is C30H36N4O. The summed E-state index contributed by atoms with van der Waals surface area (Å²) < 4.78 is 6.30. The lowest BCUT2D eigenvalue weighted by Gasteiger charge is -2.23. The van der Waals surface area contributed by atoms with E-state index in [0.29, 0.717) is 34.5 Å². The fraction of sp³-hybridized carbons (Fsp3) is 0.400. The molecule has 1 aromatic heterocycles. The molecule has 0 aliphatic heterocycles. The fourth-order valence-corrected chi connectivity index (χ4v) is 6.01. The van der Waals surface area contributed by atoms with Crippen molar-refractivity contribution in [3.63, 3.8) is 0 Å². The standard InChI is InChI=1S/C30H36N4O/c31-29(32)25-17-21(19-7-3-1-4-8-19)11-13-23(25)27-15-16-28(35-27)24-14-12-22(18-26(24)30(33)34)20-9-5-2-6-10-20/h11-20H,1-10H2,(H3,31,32)(H3,33,34). The predicted octanol–water partition coefficient (Wildman–Crippen LogP) is 7.28. The molecule has 0 spiro atoms. The summed E-state index contributed by atoms with van der Waals surface area (Å²) in [6.45, 7) is 0. The molecule has 182 valence electrons. The molecule has 5 heteroatoms. The molecule has 2 saturated carbocycles. The summed E-state index contributed by atoms with van der Waals surface area (Å²) in [5, 5.41) is 16.4. The Morgan fingerprint density at radius 3 is 1.37 bits per heavy atom. The molecule has 0 unspecified atom stereocenters. The van der Waals surface area contributed by atoms with Gasteiger partial charge in [-0.2, -0.15) is 0 Å². The van der Waals surface area contributed by atoms with Gasteiger partial charge in [0.1, 0.15) is 23.2 Å². The van der Waals surface area contributed by atoms with Gasteiger partial charge in [0.05, 0.1) is 0 Å². The SMILES string of the molecule is N=C(N)c1cc(C2CCCCC2)ccc1-c1ccc(-c2ccc(C3CCCCC3)cc2C(=N)N)o1. The number of nitrogens with two attached hydrogens (primary N) is 2. The molecule has 2 aromatic carbocycles. The van der Waals surface area contributed by atoms with Gasteiger partial charge in [-0.05, 0) is 72.9 Å². The van der Waals surface area contributed by atoms with E-state index in [0.717, 1.165) is 11.1 Å². The van der Waals surface area contributed by atoms with Gasteiger partial charge < -0.3 is 15.9 Å². The second-order valence-electron chi connectivity index (χ2n) is 10.3. The van der Waals surface area contributed by atoms with Crippen molar-refractivity contribution < 1.29 is 4.42 Å². The Morgan fingerprint density at radius 1 is 0.600 bits per heavy atom. The fourth-order valence-electron chi connectivity index (χ4n) is 6.01. The molecule has 1 heterocycles. The zero-order valence-electron chi connectivity index (χ0n) is 20.4. The molecule has 3 aromatic rings. The number of hydrogen-bond donors (Lipinski definition) is 4. The smallest absolute Gasteiger partial charge is 0.135 e. The van der Waals surface area contributed by atoms with Crippen molar-refractivity contribution in [3.05, 3.63) is 70.8 Å². The number of rotatable bonds is 6. The Hall–Kier alpha value is -3.34. The van der Waals surface area contributed by atoms with Crippen LogP contribution in [0.1, 0.15) is 98.3 Å². The Morgan fingerprint density at radius 2 is 1.00 bits per heavy atom. The molecule has 5 nitrogen and oxygen atoms in total. The second kappa shape index (κ2) is 10.1. The molecule has 5 rings (SSSR count). The van der Waals surface area contributed by atoms with Gasteiger partial charge in [0.25, 0.3) is 0 Å². The van der Waals surface area contributed by atoms with Crippen LogP contribution in [-0.2, 0) is 0 Å². The maximum absolute atomic E-state index is 8.21. The van der Waals surface area contributed by atoms with Gasteiger partial charge in [-0.15, -0.1) is 0 Å². The largest absolute Gasteiger partial charge is 0.456 e. The lowest BCUT2D eigenvalue weighted by molar-refractivity contribution is 0.443. The van der Waals surface area contributed by atoms with Gasteiger partial charge in [-0.25, -0.2) is 0 Å². The summed E-state index contributed by atoms with van der Waals surface area (Å²) in [5.74, 6) is 2.54. The molecule has 35 heavy (non-hydrogen) atoms. The molecule has 0 atom stereocenters. The van der Waals surface area contributed by atoms with Crippen molar-refractivity contribution in [1.29, 1.82) is 10.8 Å². The average molecular weight is 469 g/mol. The summed E-state index contributed by atoms with van der Waals surface area (Å²) in [4.78, 5) is 0. The predicted molar refractivity (Wildman–Crippen MR) is 143 cm³/mol. The van der Waals surface area contributed by atoms with Crippen LogP contribution >= 0.6 is 0 Å². The first-order valence-corrected chi connectivity index (χ1v) is 13.1. The van der Waals surface area contributed by atoms with E-state index in [1.807, 2.05) is 24.3 Å². The number of furan rings is 1. The van der Waals surface area contributed by atoms with Crippen molar-refractivity contribution in [3.8, 4) is 22.6 Å². The number of nitrogens with one attached hydrogen (secondary N) is 2. The van der Waals surface area contributed by atoms with Crippen molar-refractivity contribution >= 4 is 11.7 Å². The quantitative estimate of drug-likeness (QED) is 0.225. The molecule has 0 amide bonds. The molecule has 0 bridgehead atoms. The van der Waals surface area contributed by atoms with Crippen LogP contribution in [0, 0.1) is 10.8 Å². The van der Waals surface area contributed by atoms with Crippen molar-refractivity contribution in [1.82, 2.24) is 0 Å². The maximum atomic E-state index is 8.21. The summed E-state index contributed by atoms with van der Waals surface area (Å²) in [7, 11) is 0. The van der Waals surface area contributed by atoms with Crippen molar-refractivity contribution in [2.75, 3.05) is 0 Å². The third kappa shape index (κ3) is 4.90. The molecular weight excluding hydrogens is 432 g/mol. The number of amidine groups is 2. The van der Waals surface area contributed by atoms with Crippen LogP contribution < -0.4 is 11.5 Å². The van der Waals surface area contributed by atoms with E-state index in [2.05, 4.69) is 24.3 Å². The van der Waals surface area contributed by atoms with Crippen LogP contribution in [-0.4, -0.2) is 11.7 Å². The highest BCUT2D eigenvalue weighted by molar-refractivity contribution is 6.02. The van der Waals surface area contributed by atoms with Gasteiger partial charge >= 0.3 is 0 Å². The minimum Gasteiger partial charge on any atom is -0.456 e. The molecule has 2 fully saturated rings. The lowest BCUT2D eigenvalue weighted by atomic mass is 9.83. The molecule has 0 radical (unpaired) electrons. The average Bonchev–Trinajstić information content (AvgIpc) is 3.39. The Bertz CT molecular complexity index is 1130. The zero-order valence-corrected chi connectivity index (χ0v) is 20.4. The Kier molecular flexibility index (Phi) is 6.76. The molecule has 2 aliphatic carbocycles. The summed E-state index contributed by atoms with van der Waals surface area (Å²) in [6.07, 6.45) is 12.5. The van der Waals surface area contributed by atoms with Gasteiger partial charge in [0.2, 0.25) is 0 Å². The molecule has 6 N–H and O–H groups in total. The Balaban J connectivity index is 1.48. The third-order valence-electron chi connectivity index (χ3n) is 7.96. The first-order chi connectivity index (χ1) is 17.0. The van der Waals surface area contributed by atoms with Gasteiger partial charge in [-0.1, -0.05) is 62.8 Å². The highest BCUT2D eigenvalue weighted by atomic mass is 16.3. The lowest BCUT2D eigenvalue weighted by Crippen LogP contribution is -2.14. The van der Waals surface area contributed by atoms with Crippen LogP contribution in [0.4, 0.5) is 0 Å². The summed E-state index contributed by atoms with van der Waals surface area (Å²) in [5.41, 5.74) is 17.6. The van der Waals surface area contributed by atoms with E-state index in [1.54, 1.807) is 0 Å². The minimum atomic E-state index is 0.0527. The van der Waals surface area contributed by atoms with Gasteiger partial charge in [-0.3, -0.25) is 10.8 Å². The highest BCUT2D eigenvalue weighted by Gasteiger charge is 2.21. The summed E-state index contributed by atoms with van der Waals surface area (Å²) >= 11 is 0. The Labute approximate surface area is 207 Å². The van der Waals surface area contributed by atoms with Crippen molar-refractivity contribution in [2.45, 2.75) is 76.0 Å². The van der Waals surface area contributed by atoms with E-state index in [-0.39, 0.29) is 11.7 Å². The first-order valence-electron chi connectivity index (χ1n) is 13.1. The normalized spacial score (nSPS) is 17.4. The number of hydrogen-bond acceptors (Lipinski definition) is 3. The van der Waals surface area contributed by atoms with Crippen LogP contribution in [0.3, 0.4) is 0 Å². The third-order valence-corrected chi connectivity index (χ3v) is 7.96. The first kappa shape index (κ1) is 23.4. The van der Waals surface area contributed by atoms with E-state index >= 15 is 0 Å². The topological polar surface area (TPSA) is 113 Å². The highest BCUT2D eigenvalue weighted by Crippen LogP contribution is 2.38. The summed E-state index contributed by atoms with van der Waals surface area (Å²) in [6, 6.07) is 16.4. The number of benzene rings is 2. The second-order valence-corrected chi connectivity index (χ2v) is 10.3. The number of nitrogen functional groups attached to an aromatic ring is 2. The van der Waals surface area contributed by atoms with Crippen LogP contribution in [0.5, 0.6) is 0 Å². The monoisotopic (exact) mass is 468 g/mol. The van der Waals surface area contributed by atoms with Crippen molar-refractivity contribution in [2.24, 2.45) is 11.5 Å². The van der Waals surface area contributed by atoms with E-state index in [1.165, 1.54) is 75.3 Å². The van der Waals surface area contributed by atoms with Crippen LogP contribution in [0.15, 0.2) is 52.9 Å². The molecule has 0 saturated heterocycles. The molecule has 2 aliphatic rings. The van der Waals surface area contributed by atoms with Gasteiger partial charge in [0, 0.05) is 22.3 Å². The maximum Gasteiger partial charge on any atom is 0.135 e. The van der Waals surface area contributed by atoms with E-state index < -0.39 is 0 Å². The van der Waals surface area contributed by atoms with E-state index in [4.69, 9.17) is 26.7 Å². The van der Waals surface area contributed by atoms with E-state index in [9.17, 15) is 0 Å².